The maximum absolute atomic E-state index is 12.7. The molecule has 1 N–H and O–H groups in total. The first kappa shape index (κ1) is 19.9. The maximum atomic E-state index is 12.7. The van der Waals surface area contributed by atoms with Crippen molar-refractivity contribution in [2.75, 3.05) is 31.5 Å². The zero-order valence-electron chi connectivity index (χ0n) is 16.4. The van der Waals surface area contributed by atoms with E-state index in [1.54, 1.807) is 31.2 Å². The van der Waals surface area contributed by atoms with Crippen molar-refractivity contribution in [3.05, 3.63) is 60.2 Å². The predicted molar refractivity (Wildman–Crippen MR) is 109 cm³/mol. The fraction of sp³-hybridized carbons (Fsp3) is 0.364. The SMILES string of the molecule is CC(=O)Nc1ccc(O[C@H](C)C(=O)N2CCN(Cc3ccccc3)CC2)cc1. The lowest BCUT2D eigenvalue weighted by Gasteiger charge is -2.35. The van der Waals surface area contributed by atoms with Crippen molar-refractivity contribution < 1.29 is 14.3 Å². The summed E-state index contributed by atoms with van der Waals surface area (Å²) in [5.74, 6) is 0.492. The van der Waals surface area contributed by atoms with Crippen molar-refractivity contribution in [3.8, 4) is 5.75 Å². The molecule has 0 bridgehead atoms. The Kier molecular flexibility index (Phi) is 6.66. The molecule has 2 amide bonds. The fourth-order valence-electron chi connectivity index (χ4n) is 3.30. The topological polar surface area (TPSA) is 61.9 Å². The van der Waals surface area contributed by atoms with E-state index in [4.69, 9.17) is 4.74 Å². The molecule has 0 saturated carbocycles. The molecule has 0 unspecified atom stereocenters. The molecule has 1 saturated heterocycles. The highest BCUT2D eigenvalue weighted by Gasteiger charge is 2.26. The lowest BCUT2D eigenvalue weighted by atomic mass is 10.2. The predicted octanol–water partition coefficient (Wildman–Crippen LogP) is 2.76. The second-order valence-corrected chi connectivity index (χ2v) is 7.05. The van der Waals surface area contributed by atoms with Crippen molar-refractivity contribution in [1.82, 2.24) is 9.80 Å². The normalized spacial score (nSPS) is 15.7. The van der Waals surface area contributed by atoms with Crippen LogP contribution in [0.25, 0.3) is 0 Å². The van der Waals surface area contributed by atoms with Crippen LogP contribution in [-0.2, 0) is 16.1 Å². The van der Waals surface area contributed by atoms with E-state index in [0.29, 0.717) is 24.5 Å². The van der Waals surface area contributed by atoms with Crippen LogP contribution in [0.2, 0.25) is 0 Å². The Morgan fingerprint density at radius 3 is 2.25 bits per heavy atom. The standard InChI is InChI=1S/C22H27N3O3/c1-17(28-21-10-8-20(9-11-21)23-18(2)26)22(27)25-14-12-24(13-15-25)16-19-6-4-3-5-7-19/h3-11,17H,12-16H2,1-2H3,(H,23,26)/t17-/m1/s1. The fourth-order valence-corrected chi connectivity index (χ4v) is 3.30. The van der Waals surface area contributed by atoms with Crippen molar-refractivity contribution in [3.63, 3.8) is 0 Å². The number of ether oxygens (including phenoxy) is 1. The number of carbonyl (C=O) groups excluding carboxylic acids is 2. The van der Waals surface area contributed by atoms with Gasteiger partial charge in [-0.15, -0.1) is 0 Å². The molecule has 1 heterocycles. The summed E-state index contributed by atoms with van der Waals surface area (Å²) in [6.45, 7) is 7.29. The van der Waals surface area contributed by atoms with Crippen molar-refractivity contribution >= 4 is 17.5 Å². The van der Waals surface area contributed by atoms with Gasteiger partial charge in [0.2, 0.25) is 5.91 Å². The number of nitrogens with zero attached hydrogens (tertiary/aromatic N) is 2. The monoisotopic (exact) mass is 381 g/mol. The molecule has 6 nitrogen and oxygen atoms in total. The number of rotatable bonds is 6. The minimum absolute atomic E-state index is 0.00491. The third-order valence-electron chi connectivity index (χ3n) is 4.77. The first-order valence-electron chi connectivity index (χ1n) is 9.60. The number of anilines is 1. The van der Waals surface area contributed by atoms with Crippen LogP contribution in [0.4, 0.5) is 5.69 Å². The quantitative estimate of drug-likeness (QED) is 0.836. The second-order valence-electron chi connectivity index (χ2n) is 7.05. The number of hydrogen-bond donors (Lipinski definition) is 1. The minimum Gasteiger partial charge on any atom is -0.481 e. The lowest BCUT2D eigenvalue weighted by Crippen LogP contribution is -2.51. The Hall–Kier alpha value is -2.86. The number of benzene rings is 2. The number of amides is 2. The molecule has 1 fully saturated rings. The van der Waals surface area contributed by atoms with E-state index in [-0.39, 0.29) is 11.8 Å². The molecule has 28 heavy (non-hydrogen) atoms. The van der Waals surface area contributed by atoms with Gasteiger partial charge in [-0.05, 0) is 36.8 Å². The smallest absolute Gasteiger partial charge is 0.263 e. The number of piperazine rings is 1. The molecule has 0 aliphatic carbocycles. The molecule has 1 aliphatic rings. The Morgan fingerprint density at radius 2 is 1.64 bits per heavy atom. The van der Waals surface area contributed by atoms with Gasteiger partial charge < -0.3 is 15.0 Å². The number of carbonyl (C=O) groups is 2. The Labute approximate surface area is 166 Å². The van der Waals surface area contributed by atoms with E-state index >= 15 is 0 Å². The van der Waals surface area contributed by atoms with Crippen molar-refractivity contribution in [2.45, 2.75) is 26.5 Å². The van der Waals surface area contributed by atoms with Gasteiger partial charge in [-0.1, -0.05) is 30.3 Å². The molecule has 1 atom stereocenters. The molecule has 0 radical (unpaired) electrons. The minimum atomic E-state index is -0.549. The summed E-state index contributed by atoms with van der Waals surface area (Å²) in [6, 6.07) is 17.4. The second kappa shape index (κ2) is 9.37. The van der Waals surface area contributed by atoms with Gasteiger partial charge >= 0.3 is 0 Å². The molecule has 3 rings (SSSR count). The highest BCUT2D eigenvalue weighted by molar-refractivity contribution is 5.88. The zero-order valence-corrected chi connectivity index (χ0v) is 16.4. The van der Waals surface area contributed by atoms with Crippen LogP contribution in [0.15, 0.2) is 54.6 Å². The van der Waals surface area contributed by atoms with Gasteiger partial charge in [-0.25, -0.2) is 0 Å². The zero-order chi connectivity index (χ0) is 19.9. The average molecular weight is 381 g/mol. The molecule has 2 aromatic rings. The average Bonchev–Trinajstić information content (AvgIpc) is 2.70. The Balaban J connectivity index is 1.47. The molecular weight excluding hydrogens is 354 g/mol. The first-order valence-corrected chi connectivity index (χ1v) is 9.60. The Bertz CT molecular complexity index is 784. The van der Waals surface area contributed by atoms with Gasteiger partial charge in [0.25, 0.3) is 5.91 Å². The van der Waals surface area contributed by atoms with Gasteiger partial charge in [0.05, 0.1) is 0 Å². The van der Waals surface area contributed by atoms with E-state index in [0.717, 1.165) is 19.6 Å². The summed E-state index contributed by atoms with van der Waals surface area (Å²) in [6.07, 6.45) is -0.549. The molecule has 1 aliphatic heterocycles. The van der Waals surface area contributed by atoms with Crippen LogP contribution in [0.1, 0.15) is 19.4 Å². The molecule has 148 valence electrons. The van der Waals surface area contributed by atoms with Gasteiger partial charge in [-0.2, -0.15) is 0 Å². The van der Waals surface area contributed by atoms with Crippen molar-refractivity contribution in [1.29, 1.82) is 0 Å². The summed E-state index contributed by atoms with van der Waals surface area (Å²) in [7, 11) is 0. The highest BCUT2D eigenvalue weighted by Crippen LogP contribution is 2.18. The molecule has 0 aromatic heterocycles. The van der Waals surface area contributed by atoms with E-state index in [1.807, 2.05) is 11.0 Å². The van der Waals surface area contributed by atoms with Crippen LogP contribution < -0.4 is 10.1 Å². The molecule has 2 aromatic carbocycles. The van der Waals surface area contributed by atoms with Gasteiger partial charge in [0, 0.05) is 45.3 Å². The van der Waals surface area contributed by atoms with E-state index in [1.165, 1.54) is 12.5 Å². The molecule has 6 heteroatoms. The first-order chi connectivity index (χ1) is 13.5. The third kappa shape index (κ3) is 5.57. The molecule has 0 spiro atoms. The maximum Gasteiger partial charge on any atom is 0.263 e. The van der Waals surface area contributed by atoms with Crippen LogP contribution >= 0.6 is 0 Å². The lowest BCUT2D eigenvalue weighted by molar-refractivity contribution is -0.139. The van der Waals surface area contributed by atoms with Gasteiger partial charge in [-0.3, -0.25) is 14.5 Å². The molecular formula is C22H27N3O3. The van der Waals surface area contributed by atoms with E-state index in [9.17, 15) is 9.59 Å². The van der Waals surface area contributed by atoms with Crippen molar-refractivity contribution in [2.24, 2.45) is 0 Å². The summed E-state index contributed by atoms with van der Waals surface area (Å²) >= 11 is 0. The number of nitrogens with one attached hydrogen (secondary N) is 1. The summed E-state index contributed by atoms with van der Waals surface area (Å²) in [4.78, 5) is 28.0. The van der Waals surface area contributed by atoms with Gasteiger partial charge in [0.1, 0.15) is 5.75 Å². The van der Waals surface area contributed by atoms with E-state index < -0.39 is 6.10 Å². The highest BCUT2D eigenvalue weighted by atomic mass is 16.5. The number of hydrogen-bond acceptors (Lipinski definition) is 4. The van der Waals surface area contributed by atoms with Crippen LogP contribution in [0, 0.1) is 0 Å². The summed E-state index contributed by atoms with van der Waals surface area (Å²) in [5.41, 5.74) is 2.00. The van der Waals surface area contributed by atoms with E-state index in [2.05, 4.69) is 34.5 Å². The summed E-state index contributed by atoms with van der Waals surface area (Å²) < 4.78 is 5.79. The summed E-state index contributed by atoms with van der Waals surface area (Å²) in [5, 5.41) is 2.71. The van der Waals surface area contributed by atoms with Crippen LogP contribution in [-0.4, -0.2) is 53.9 Å². The van der Waals surface area contributed by atoms with Crippen LogP contribution in [0.5, 0.6) is 5.75 Å². The Morgan fingerprint density at radius 1 is 1.00 bits per heavy atom. The largest absolute Gasteiger partial charge is 0.481 e. The van der Waals surface area contributed by atoms with Gasteiger partial charge in [0.15, 0.2) is 6.10 Å². The van der Waals surface area contributed by atoms with Crippen LogP contribution in [0.3, 0.4) is 0 Å². The third-order valence-corrected chi connectivity index (χ3v) is 4.77.